The van der Waals surface area contributed by atoms with Crippen LogP contribution >= 0.6 is 0 Å². The molecule has 0 N–H and O–H groups in total. The molecular formula is C18H16N4O. The van der Waals surface area contributed by atoms with Crippen molar-refractivity contribution in [2.75, 3.05) is 14.1 Å². The van der Waals surface area contributed by atoms with E-state index in [9.17, 15) is 4.79 Å². The third-order valence-electron chi connectivity index (χ3n) is 3.41. The second kappa shape index (κ2) is 6.36. The first-order valence-corrected chi connectivity index (χ1v) is 7.21. The molecule has 0 spiro atoms. The van der Waals surface area contributed by atoms with Gasteiger partial charge >= 0.3 is 0 Å². The number of benzene rings is 1. The fraction of sp³-hybridized carbons (Fsp3) is 0.111. The van der Waals surface area contributed by atoms with Gasteiger partial charge in [0.2, 0.25) is 0 Å². The number of hydrogen-bond donors (Lipinski definition) is 0. The monoisotopic (exact) mass is 304 g/mol. The van der Waals surface area contributed by atoms with E-state index in [1.165, 1.54) is 4.90 Å². The van der Waals surface area contributed by atoms with Crippen LogP contribution in [0.4, 0.5) is 0 Å². The van der Waals surface area contributed by atoms with Gasteiger partial charge in [-0.2, -0.15) is 0 Å². The number of carbonyl (C=O) groups is 1. The number of carbonyl (C=O) groups excluding carboxylic acids is 1. The van der Waals surface area contributed by atoms with Gasteiger partial charge in [0.1, 0.15) is 0 Å². The SMILES string of the molecule is CN(C)C(=O)c1cnc(-c2ccncc2)nc1-c1ccccc1. The summed E-state index contributed by atoms with van der Waals surface area (Å²) in [4.78, 5) is 26.9. The average molecular weight is 304 g/mol. The Bertz CT molecular complexity index is 817. The van der Waals surface area contributed by atoms with E-state index in [-0.39, 0.29) is 5.91 Å². The van der Waals surface area contributed by atoms with Gasteiger partial charge in [0.15, 0.2) is 5.82 Å². The summed E-state index contributed by atoms with van der Waals surface area (Å²) in [7, 11) is 3.43. The maximum absolute atomic E-state index is 12.4. The third kappa shape index (κ3) is 3.08. The molecule has 0 fully saturated rings. The lowest BCUT2D eigenvalue weighted by Crippen LogP contribution is -2.23. The molecule has 114 valence electrons. The maximum Gasteiger partial charge on any atom is 0.257 e. The fourth-order valence-electron chi connectivity index (χ4n) is 2.24. The number of nitrogens with zero attached hydrogens (tertiary/aromatic N) is 4. The predicted molar refractivity (Wildman–Crippen MR) is 88.7 cm³/mol. The molecule has 1 aromatic carbocycles. The fourth-order valence-corrected chi connectivity index (χ4v) is 2.24. The molecular weight excluding hydrogens is 288 g/mol. The first kappa shape index (κ1) is 14.8. The second-order valence-electron chi connectivity index (χ2n) is 5.26. The van der Waals surface area contributed by atoms with Gasteiger partial charge in [-0.1, -0.05) is 30.3 Å². The van der Waals surface area contributed by atoms with Crippen LogP contribution in [-0.2, 0) is 0 Å². The van der Waals surface area contributed by atoms with Crippen LogP contribution < -0.4 is 0 Å². The second-order valence-corrected chi connectivity index (χ2v) is 5.26. The molecule has 2 heterocycles. The van der Waals surface area contributed by atoms with Gasteiger partial charge in [-0.25, -0.2) is 9.97 Å². The molecule has 0 radical (unpaired) electrons. The van der Waals surface area contributed by atoms with Crippen LogP contribution in [0, 0.1) is 0 Å². The molecule has 0 aliphatic rings. The molecule has 1 amide bonds. The van der Waals surface area contributed by atoms with Crippen molar-refractivity contribution >= 4 is 5.91 Å². The van der Waals surface area contributed by atoms with Gasteiger partial charge in [-0.15, -0.1) is 0 Å². The van der Waals surface area contributed by atoms with Gasteiger partial charge < -0.3 is 4.90 Å². The topological polar surface area (TPSA) is 59.0 Å². The summed E-state index contributed by atoms with van der Waals surface area (Å²) in [5.41, 5.74) is 2.86. The van der Waals surface area contributed by atoms with E-state index in [4.69, 9.17) is 0 Å². The summed E-state index contributed by atoms with van der Waals surface area (Å²) >= 11 is 0. The van der Waals surface area contributed by atoms with Crippen molar-refractivity contribution in [3.8, 4) is 22.6 Å². The molecule has 2 aromatic heterocycles. The first-order chi connectivity index (χ1) is 11.2. The highest BCUT2D eigenvalue weighted by atomic mass is 16.2. The number of rotatable bonds is 3. The summed E-state index contributed by atoms with van der Waals surface area (Å²) in [5, 5.41) is 0. The van der Waals surface area contributed by atoms with Crippen molar-refractivity contribution in [2.45, 2.75) is 0 Å². The van der Waals surface area contributed by atoms with Crippen molar-refractivity contribution < 1.29 is 4.79 Å². The summed E-state index contributed by atoms with van der Waals surface area (Å²) in [6.07, 6.45) is 4.98. The smallest absolute Gasteiger partial charge is 0.257 e. The molecule has 0 saturated carbocycles. The Morgan fingerprint density at radius 2 is 1.65 bits per heavy atom. The van der Waals surface area contributed by atoms with Crippen molar-refractivity contribution in [1.82, 2.24) is 19.9 Å². The summed E-state index contributed by atoms with van der Waals surface area (Å²) in [6.45, 7) is 0. The Hall–Kier alpha value is -3.08. The Morgan fingerprint density at radius 3 is 2.30 bits per heavy atom. The van der Waals surface area contributed by atoms with Crippen LogP contribution in [0.2, 0.25) is 0 Å². The van der Waals surface area contributed by atoms with Crippen molar-refractivity contribution in [3.63, 3.8) is 0 Å². The van der Waals surface area contributed by atoms with Crippen LogP contribution in [0.25, 0.3) is 22.6 Å². The van der Waals surface area contributed by atoms with Crippen LogP contribution in [-0.4, -0.2) is 39.9 Å². The van der Waals surface area contributed by atoms with Crippen molar-refractivity contribution in [2.24, 2.45) is 0 Å². The molecule has 0 atom stereocenters. The highest BCUT2D eigenvalue weighted by Crippen LogP contribution is 2.24. The van der Waals surface area contributed by atoms with Gasteiger partial charge in [-0.3, -0.25) is 9.78 Å². The van der Waals surface area contributed by atoms with E-state index in [0.29, 0.717) is 17.1 Å². The zero-order chi connectivity index (χ0) is 16.2. The number of hydrogen-bond acceptors (Lipinski definition) is 4. The summed E-state index contributed by atoms with van der Waals surface area (Å²) < 4.78 is 0. The molecule has 0 saturated heterocycles. The lowest BCUT2D eigenvalue weighted by atomic mass is 10.1. The molecule has 0 bridgehead atoms. The number of amides is 1. The van der Waals surface area contributed by atoms with Gasteiger partial charge in [-0.05, 0) is 12.1 Å². The van der Waals surface area contributed by atoms with E-state index in [1.54, 1.807) is 32.7 Å². The Labute approximate surface area is 134 Å². The minimum Gasteiger partial charge on any atom is -0.345 e. The Balaban J connectivity index is 2.17. The van der Waals surface area contributed by atoms with Crippen molar-refractivity contribution in [3.05, 3.63) is 66.6 Å². The molecule has 3 aromatic rings. The largest absolute Gasteiger partial charge is 0.345 e. The lowest BCUT2D eigenvalue weighted by molar-refractivity contribution is 0.0827. The van der Waals surface area contributed by atoms with Gasteiger partial charge in [0.25, 0.3) is 5.91 Å². The van der Waals surface area contributed by atoms with Crippen LogP contribution in [0.5, 0.6) is 0 Å². The molecule has 0 unspecified atom stereocenters. The number of aromatic nitrogens is 3. The summed E-state index contributed by atoms with van der Waals surface area (Å²) in [5.74, 6) is 0.451. The van der Waals surface area contributed by atoms with Gasteiger partial charge in [0.05, 0.1) is 11.3 Å². The molecule has 0 aliphatic carbocycles. The molecule has 3 rings (SSSR count). The zero-order valence-electron chi connectivity index (χ0n) is 13.0. The Morgan fingerprint density at radius 1 is 0.957 bits per heavy atom. The normalized spacial score (nSPS) is 10.3. The van der Waals surface area contributed by atoms with E-state index in [1.807, 2.05) is 42.5 Å². The van der Waals surface area contributed by atoms with E-state index >= 15 is 0 Å². The number of pyridine rings is 1. The first-order valence-electron chi connectivity index (χ1n) is 7.21. The maximum atomic E-state index is 12.4. The van der Waals surface area contributed by atoms with Gasteiger partial charge in [0, 0.05) is 43.8 Å². The predicted octanol–water partition coefficient (Wildman–Crippen LogP) is 2.91. The van der Waals surface area contributed by atoms with E-state index < -0.39 is 0 Å². The minimum absolute atomic E-state index is 0.120. The standard InChI is InChI=1S/C18H16N4O/c1-22(2)18(23)15-12-20-17(14-8-10-19-11-9-14)21-16(15)13-6-4-3-5-7-13/h3-12H,1-2H3. The van der Waals surface area contributed by atoms with E-state index in [0.717, 1.165) is 11.1 Å². The highest BCUT2D eigenvalue weighted by molar-refractivity contribution is 5.99. The summed E-state index contributed by atoms with van der Waals surface area (Å²) in [6, 6.07) is 13.3. The molecule has 5 heteroatoms. The van der Waals surface area contributed by atoms with Crippen LogP contribution in [0.1, 0.15) is 10.4 Å². The molecule has 0 aliphatic heterocycles. The highest BCUT2D eigenvalue weighted by Gasteiger charge is 2.18. The molecule has 23 heavy (non-hydrogen) atoms. The Kier molecular flexibility index (Phi) is 4.10. The average Bonchev–Trinajstić information content (AvgIpc) is 2.62. The minimum atomic E-state index is -0.120. The van der Waals surface area contributed by atoms with Crippen LogP contribution in [0.3, 0.4) is 0 Å². The molecule has 5 nitrogen and oxygen atoms in total. The van der Waals surface area contributed by atoms with Crippen LogP contribution in [0.15, 0.2) is 61.1 Å². The lowest BCUT2D eigenvalue weighted by Gasteiger charge is -2.14. The van der Waals surface area contributed by atoms with Crippen molar-refractivity contribution in [1.29, 1.82) is 0 Å². The quantitative estimate of drug-likeness (QED) is 0.746. The van der Waals surface area contributed by atoms with E-state index in [2.05, 4.69) is 15.0 Å². The zero-order valence-corrected chi connectivity index (χ0v) is 13.0. The third-order valence-corrected chi connectivity index (χ3v) is 3.41.